The maximum atomic E-state index is 11.1. The third kappa shape index (κ3) is 3.29. The van der Waals surface area contributed by atoms with Crippen molar-refractivity contribution in [2.45, 2.75) is 12.0 Å². The van der Waals surface area contributed by atoms with Crippen LogP contribution in [0, 0.1) is 0 Å². The van der Waals surface area contributed by atoms with Crippen LogP contribution in [-0.2, 0) is 12.0 Å². The summed E-state index contributed by atoms with van der Waals surface area (Å²) in [5, 5.41) is 15.2. The standard InChI is InChI=1S/C21H17ClN2O/c22-16-6-8-17(9-7-16)24-18-10-11-20-19(12-18)21(25,14-23-20)13-15-4-2-1-3-5-15/h1-12,14,24-25H,13H2. The van der Waals surface area contributed by atoms with E-state index in [1.54, 1.807) is 6.21 Å². The van der Waals surface area contributed by atoms with Crippen LogP contribution < -0.4 is 5.32 Å². The Hall–Kier alpha value is -2.62. The minimum atomic E-state index is -1.09. The van der Waals surface area contributed by atoms with E-state index in [9.17, 15) is 5.11 Å². The van der Waals surface area contributed by atoms with E-state index in [0.29, 0.717) is 11.4 Å². The van der Waals surface area contributed by atoms with Crippen molar-refractivity contribution in [3.63, 3.8) is 0 Å². The van der Waals surface area contributed by atoms with Crippen molar-refractivity contribution in [2.75, 3.05) is 5.32 Å². The third-order valence-electron chi connectivity index (χ3n) is 4.33. The average molecular weight is 349 g/mol. The molecule has 1 aliphatic rings. The summed E-state index contributed by atoms with van der Waals surface area (Å²) in [7, 11) is 0. The van der Waals surface area contributed by atoms with Crippen LogP contribution in [0.25, 0.3) is 0 Å². The third-order valence-corrected chi connectivity index (χ3v) is 4.58. The molecule has 1 heterocycles. The Kier molecular flexibility index (Phi) is 4.04. The fourth-order valence-electron chi connectivity index (χ4n) is 3.07. The first-order valence-corrected chi connectivity index (χ1v) is 8.49. The van der Waals surface area contributed by atoms with Gasteiger partial charge in [-0.3, -0.25) is 4.99 Å². The van der Waals surface area contributed by atoms with Crippen LogP contribution in [0.5, 0.6) is 0 Å². The van der Waals surface area contributed by atoms with Gasteiger partial charge in [0.15, 0.2) is 0 Å². The van der Waals surface area contributed by atoms with E-state index in [1.807, 2.05) is 72.8 Å². The Balaban J connectivity index is 1.62. The zero-order valence-electron chi connectivity index (χ0n) is 13.5. The lowest BCUT2D eigenvalue weighted by atomic mass is 9.89. The number of benzene rings is 3. The van der Waals surface area contributed by atoms with E-state index in [1.165, 1.54) is 0 Å². The van der Waals surface area contributed by atoms with Crippen molar-refractivity contribution in [3.05, 3.63) is 88.9 Å². The number of hydrogen-bond acceptors (Lipinski definition) is 3. The van der Waals surface area contributed by atoms with Crippen LogP contribution >= 0.6 is 11.6 Å². The highest BCUT2D eigenvalue weighted by molar-refractivity contribution is 6.30. The highest BCUT2D eigenvalue weighted by Crippen LogP contribution is 2.39. The number of nitrogens with one attached hydrogen (secondary N) is 1. The number of anilines is 2. The molecule has 124 valence electrons. The van der Waals surface area contributed by atoms with Gasteiger partial charge in [-0.15, -0.1) is 0 Å². The van der Waals surface area contributed by atoms with E-state index in [-0.39, 0.29) is 0 Å². The second kappa shape index (κ2) is 6.36. The molecule has 0 aromatic heterocycles. The van der Waals surface area contributed by atoms with Gasteiger partial charge in [0.05, 0.1) is 5.69 Å². The summed E-state index contributed by atoms with van der Waals surface area (Å²) in [6.07, 6.45) is 2.13. The van der Waals surface area contributed by atoms with E-state index >= 15 is 0 Å². The highest BCUT2D eigenvalue weighted by atomic mass is 35.5. The Bertz CT molecular complexity index is 922. The number of halogens is 1. The average Bonchev–Trinajstić information content (AvgIpc) is 2.94. The van der Waals surface area contributed by atoms with E-state index in [4.69, 9.17) is 11.6 Å². The summed E-state index contributed by atoms with van der Waals surface area (Å²) in [6.45, 7) is 0. The van der Waals surface area contributed by atoms with E-state index in [0.717, 1.165) is 28.2 Å². The van der Waals surface area contributed by atoms with E-state index < -0.39 is 5.60 Å². The Labute approximate surface area is 151 Å². The number of aliphatic imine (C=N–C) groups is 1. The van der Waals surface area contributed by atoms with Gasteiger partial charge in [0.25, 0.3) is 0 Å². The molecule has 2 N–H and O–H groups in total. The van der Waals surface area contributed by atoms with Crippen LogP contribution in [0.15, 0.2) is 77.8 Å². The van der Waals surface area contributed by atoms with Crippen molar-refractivity contribution in [3.8, 4) is 0 Å². The summed E-state index contributed by atoms with van der Waals surface area (Å²) in [5.74, 6) is 0. The Morgan fingerprint density at radius 1 is 0.920 bits per heavy atom. The van der Waals surface area contributed by atoms with Crippen LogP contribution in [0.1, 0.15) is 11.1 Å². The molecular formula is C21H17ClN2O. The summed E-state index contributed by atoms with van der Waals surface area (Å²) in [5.41, 5.74) is 3.44. The Morgan fingerprint density at radius 3 is 2.40 bits per heavy atom. The second-order valence-electron chi connectivity index (χ2n) is 6.21. The van der Waals surface area contributed by atoms with Gasteiger partial charge >= 0.3 is 0 Å². The lowest BCUT2D eigenvalue weighted by Crippen LogP contribution is -2.27. The number of nitrogens with zero attached hydrogens (tertiary/aromatic N) is 1. The van der Waals surface area contributed by atoms with Crippen molar-refractivity contribution in [1.29, 1.82) is 0 Å². The molecule has 0 amide bonds. The summed E-state index contributed by atoms with van der Waals surface area (Å²) < 4.78 is 0. The highest BCUT2D eigenvalue weighted by Gasteiger charge is 2.34. The molecule has 0 radical (unpaired) electrons. The fraction of sp³-hybridized carbons (Fsp3) is 0.0952. The minimum absolute atomic E-state index is 0.495. The number of hydrogen-bond donors (Lipinski definition) is 2. The maximum Gasteiger partial charge on any atom is 0.131 e. The second-order valence-corrected chi connectivity index (χ2v) is 6.65. The van der Waals surface area contributed by atoms with Gasteiger partial charge in [-0.2, -0.15) is 0 Å². The largest absolute Gasteiger partial charge is 0.379 e. The van der Waals surface area contributed by atoms with Gasteiger partial charge in [0, 0.05) is 34.6 Å². The van der Waals surface area contributed by atoms with Gasteiger partial charge in [0.2, 0.25) is 0 Å². The van der Waals surface area contributed by atoms with Gasteiger partial charge in [-0.05, 0) is 48.0 Å². The van der Waals surface area contributed by atoms with Crippen molar-refractivity contribution in [2.24, 2.45) is 4.99 Å². The Morgan fingerprint density at radius 2 is 1.64 bits per heavy atom. The zero-order valence-corrected chi connectivity index (χ0v) is 14.2. The monoisotopic (exact) mass is 348 g/mol. The molecule has 25 heavy (non-hydrogen) atoms. The first-order chi connectivity index (χ1) is 12.1. The van der Waals surface area contributed by atoms with Gasteiger partial charge < -0.3 is 10.4 Å². The quantitative estimate of drug-likeness (QED) is 0.678. The van der Waals surface area contributed by atoms with Crippen molar-refractivity contribution in [1.82, 2.24) is 0 Å². The van der Waals surface area contributed by atoms with Crippen molar-refractivity contribution >= 4 is 34.9 Å². The molecule has 4 rings (SSSR count). The molecular weight excluding hydrogens is 332 g/mol. The fourth-order valence-corrected chi connectivity index (χ4v) is 3.19. The molecule has 1 atom stereocenters. The summed E-state index contributed by atoms with van der Waals surface area (Å²) in [6, 6.07) is 23.3. The van der Waals surface area contributed by atoms with E-state index in [2.05, 4.69) is 10.3 Å². The smallest absolute Gasteiger partial charge is 0.131 e. The molecule has 0 bridgehead atoms. The molecule has 0 saturated carbocycles. The van der Waals surface area contributed by atoms with Crippen LogP contribution in [-0.4, -0.2) is 11.3 Å². The molecule has 0 spiro atoms. The first-order valence-electron chi connectivity index (χ1n) is 8.11. The van der Waals surface area contributed by atoms with Crippen LogP contribution in [0.3, 0.4) is 0 Å². The molecule has 3 nitrogen and oxygen atoms in total. The summed E-state index contributed by atoms with van der Waals surface area (Å²) in [4.78, 5) is 4.39. The molecule has 3 aromatic carbocycles. The van der Waals surface area contributed by atoms with Gasteiger partial charge in [0.1, 0.15) is 5.60 Å². The predicted octanol–water partition coefficient (Wildman–Crippen LogP) is 5.23. The van der Waals surface area contributed by atoms with Gasteiger partial charge in [-0.25, -0.2) is 0 Å². The van der Waals surface area contributed by atoms with Gasteiger partial charge in [-0.1, -0.05) is 41.9 Å². The number of aliphatic hydroxyl groups is 1. The predicted molar refractivity (Wildman–Crippen MR) is 103 cm³/mol. The summed E-state index contributed by atoms with van der Waals surface area (Å²) >= 11 is 5.93. The lowest BCUT2D eigenvalue weighted by molar-refractivity contribution is 0.121. The molecule has 0 saturated heterocycles. The normalized spacial score (nSPS) is 18.2. The molecule has 1 aliphatic heterocycles. The SMILES string of the molecule is OC1(Cc2ccccc2)C=Nc2ccc(Nc3ccc(Cl)cc3)cc21. The maximum absolute atomic E-state index is 11.1. The minimum Gasteiger partial charge on any atom is -0.379 e. The number of fused-ring (bicyclic) bond motifs is 1. The van der Waals surface area contributed by atoms with Crippen LogP contribution in [0.2, 0.25) is 5.02 Å². The molecule has 1 unspecified atom stereocenters. The molecule has 3 aromatic rings. The van der Waals surface area contributed by atoms with Crippen molar-refractivity contribution < 1.29 is 5.11 Å². The van der Waals surface area contributed by atoms with Crippen LogP contribution in [0.4, 0.5) is 17.1 Å². The molecule has 0 aliphatic carbocycles. The topological polar surface area (TPSA) is 44.6 Å². The first kappa shape index (κ1) is 15.9. The molecule has 0 fully saturated rings. The zero-order chi connectivity index (χ0) is 17.3. The molecule has 4 heteroatoms. The lowest BCUT2D eigenvalue weighted by Gasteiger charge is -2.22. The number of rotatable bonds is 4.